The van der Waals surface area contributed by atoms with Gasteiger partial charge in [0.05, 0.1) is 21.3 Å². The molecule has 0 radical (unpaired) electrons. The molecule has 1 amide bonds. The highest BCUT2D eigenvalue weighted by Crippen LogP contribution is 2.38. The van der Waals surface area contributed by atoms with Gasteiger partial charge in [0.2, 0.25) is 0 Å². The first kappa shape index (κ1) is 29.1. The van der Waals surface area contributed by atoms with E-state index in [1.165, 1.54) is 6.21 Å². The van der Waals surface area contributed by atoms with Gasteiger partial charge < -0.3 is 9.72 Å². The standard InChI is InChI=1S/C31H21Br2Cl2N3O3/c1-2-17-8-7-11-22-26(20-9-3-5-12-24(20)34)28(37-27(17)22)30(39)38-36-16-18-14-19(32)15-23(33)29(18)41-31(40)21-10-4-6-13-25(21)35/h3-16,37H,2H2,1H3,(H,38,39). The number of benzene rings is 4. The van der Waals surface area contributed by atoms with Gasteiger partial charge in [-0.05, 0) is 58.2 Å². The molecule has 5 rings (SSSR count). The molecule has 0 saturated carbocycles. The lowest BCUT2D eigenvalue weighted by Crippen LogP contribution is -2.19. The number of aryl methyl sites for hydroxylation is 1. The summed E-state index contributed by atoms with van der Waals surface area (Å²) in [6.07, 6.45) is 2.18. The van der Waals surface area contributed by atoms with E-state index < -0.39 is 11.9 Å². The Balaban J connectivity index is 1.48. The van der Waals surface area contributed by atoms with E-state index in [1.807, 2.05) is 36.4 Å². The minimum absolute atomic E-state index is 0.214. The number of rotatable bonds is 7. The number of halogens is 4. The molecule has 0 aliphatic carbocycles. The number of nitrogens with one attached hydrogen (secondary N) is 2. The molecule has 0 fully saturated rings. The smallest absolute Gasteiger partial charge is 0.345 e. The van der Waals surface area contributed by atoms with Crippen molar-refractivity contribution in [3.63, 3.8) is 0 Å². The van der Waals surface area contributed by atoms with Crippen molar-refractivity contribution in [3.8, 4) is 16.9 Å². The van der Waals surface area contributed by atoms with Crippen molar-refractivity contribution < 1.29 is 14.3 Å². The lowest BCUT2D eigenvalue weighted by Gasteiger charge is -2.11. The van der Waals surface area contributed by atoms with E-state index in [0.29, 0.717) is 30.8 Å². The van der Waals surface area contributed by atoms with E-state index in [2.05, 4.69) is 54.3 Å². The lowest BCUT2D eigenvalue weighted by atomic mass is 9.99. The summed E-state index contributed by atoms with van der Waals surface area (Å²) in [5.74, 6) is -0.879. The number of amides is 1. The molecule has 0 aliphatic heterocycles. The SMILES string of the molecule is CCc1cccc2c(-c3ccccc3Cl)c(C(=O)NN=Cc3cc(Br)cc(Br)c3OC(=O)c3ccccc3Cl)[nH]c12. The van der Waals surface area contributed by atoms with Crippen LogP contribution in [0, 0.1) is 0 Å². The van der Waals surface area contributed by atoms with Crippen LogP contribution in [0.5, 0.6) is 5.75 Å². The van der Waals surface area contributed by atoms with Gasteiger partial charge in [0, 0.05) is 37.1 Å². The predicted octanol–water partition coefficient (Wildman–Crippen LogP) is 9.21. The number of aromatic amines is 1. The molecule has 0 unspecified atom stereocenters. The van der Waals surface area contributed by atoms with Crippen molar-refractivity contribution >= 4 is 84.1 Å². The number of esters is 1. The highest BCUT2D eigenvalue weighted by Gasteiger charge is 2.22. The molecular formula is C31H21Br2Cl2N3O3. The van der Waals surface area contributed by atoms with Crippen LogP contribution in [0.15, 0.2) is 92.9 Å². The van der Waals surface area contributed by atoms with Crippen LogP contribution in [0.1, 0.15) is 38.9 Å². The van der Waals surface area contributed by atoms with Crippen LogP contribution in [0.3, 0.4) is 0 Å². The molecule has 10 heteroatoms. The largest absolute Gasteiger partial charge is 0.421 e. The quantitative estimate of drug-likeness (QED) is 0.0764. The fourth-order valence-corrected chi connectivity index (χ4v) is 6.24. The number of carbonyl (C=O) groups is 2. The number of fused-ring (bicyclic) bond motifs is 1. The average molecular weight is 714 g/mol. The maximum absolute atomic E-state index is 13.5. The molecule has 2 N–H and O–H groups in total. The van der Waals surface area contributed by atoms with Crippen molar-refractivity contribution in [2.45, 2.75) is 13.3 Å². The Bertz CT molecular complexity index is 1840. The normalized spacial score (nSPS) is 11.2. The third-order valence-electron chi connectivity index (χ3n) is 6.37. The highest BCUT2D eigenvalue weighted by molar-refractivity contribution is 9.11. The first-order valence-electron chi connectivity index (χ1n) is 12.5. The second-order valence-electron chi connectivity index (χ2n) is 8.92. The molecule has 0 saturated heterocycles. The van der Waals surface area contributed by atoms with Gasteiger partial charge in [0.15, 0.2) is 5.75 Å². The molecule has 0 atom stereocenters. The van der Waals surface area contributed by atoms with Crippen molar-refractivity contribution in [3.05, 3.63) is 120 Å². The summed E-state index contributed by atoms with van der Waals surface area (Å²) in [5.41, 5.74) is 6.93. The predicted molar refractivity (Wildman–Crippen MR) is 171 cm³/mol. The minimum atomic E-state index is -0.633. The zero-order valence-electron chi connectivity index (χ0n) is 21.5. The molecule has 206 valence electrons. The number of aromatic nitrogens is 1. The van der Waals surface area contributed by atoms with Crippen LogP contribution in [-0.2, 0) is 6.42 Å². The van der Waals surface area contributed by atoms with E-state index in [4.69, 9.17) is 27.9 Å². The molecule has 1 aromatic heterocycles. The first-order chi connectivity index (χ1) is 19.8. The van der Waals surface area contributed by atoms with Crippen molar-refractivity contribution in [2.75, 3.05) is 0 Å². The Morgan fingerprint density at radius 1 is 0.976 bits per heavy atom. The van der Waals surface area contributed by atoms with Crippen LogP contribution in [-0.4, -0.2) is 23.1 Å². The second kappa shape index (κ2) is 12.6. The summed E-state index contributed by atoms with van der Waals surface area (Å²) in [5, 5.41) is 5.87. The van der Waals surface area contributed by atoms with Crippen molar-refractivity contribution in [2.24, 2.45) is 5.10 Å². The maximum atomic E-state index is 13.5. The molecule has 0 aliphatic rings. The monoisotopic (exact) mass is 711 g/mol. The van der Waals surface area contributed by atoms with Crippen LogP contribution in [0.25, 0.3) is 22.0 Å². The van der Waals surface area contributed by atoms with Gasteiger partial charge in [-0.15, -0.1) is 0 Å². The topological polar surface area (TPSA) is 83.5 Å². The summed E-state index contributed by atoms with van der Waals surface area (Å²) in [4.78, 5) is 29.7. The molecule has 5 aromatic rings. The molecule has 6 nitrogen and oxygen atoms in total. The number of carbonyl (C=O) groups excluding carboxylic acids is 2. The van der Waals surface area contributed by atoms with Gasteiger partial charge in [0.1, 0.15) is 5.69 Å². The van der Waals surface area contributed by atoms with Crippen LogP contribution >= 0.6 is 55.1 Å². The van der Waals surface area contributed by atoms with Crippen molar-refractivity contribution in [1.29, 1.82) is 0 Å². The van der Waals surface area contributed by atoms with Crippen LogP contribution in [0.4, 0.5) is 0 Å². The molecule has 0 spiro atoms. The molecule has 1 heterocycles. The number of hydrogen-bond acceptors (Lipinski definition) is 4. The number of para-hydroxylation sites is 1. The molecule has 41 heavy (non-hydrogen) atoms. The summed E-state index contributed by atoms with van der Waals surface area (Å²) in [7, 11) is 0. The van der Waals surface area contributed by atoms with E-state index in [-0.39, 0.29) is 16.3 Å². The zero-order valence-corrected chi connectivity index (χ0v) is 26.2. The fraction of sp³-hybridized carbons (Fsp3) is 0.0645. The Labute approximate surface area is 263 Å². The Kier molecular flexibility index (Phi) is 8.94. The van der Waals surface area contributed by atoms with Gasteiger partial charge in [-0.25, -0.2) is 10.2 Å². The summed E-state index contributed by atoms with van der Waals surface area (Å²) in [6.45, 7) is 2.06. The van der Waals surface area contributed by atoms with Gasteiger partial charge in [0.25, 0.3) is 5.91 Å². The van der Waals surface area contributed by atoms with Gasteiger partial charge in [-0.2, -0.15) is 5.10 Å². The number of nitrogens with zero attached hydrogens (tertiary/aromatic N) is 1. The Morgan fingerprint density at radius 2 is 1.71 bits per heavy atom. The van der Waals surface area contributed by atoms with E-state index in [1.54, 1.807) is 42.5 Å². The summed E-state index contributed by atoms with van der Waals surface area (Å²) >= 11 is 19.6. The molecular weight excluding hydrogens is 693 g/mol. The Hall–Kier alpha value is -3.43. The van der Waals surface area contributed by atoms with E-state index in [0.717, 1.165) is 28.5 Å². The van der Waals surface area contributed by atoms with Crippen LogP contribution < -0.4 is 10.2 Å². The summed E-state index contributed by atoms with van der Waals surface area (Å²) < 4.78 is 6.89. The van der Waals surface area contributed by atoms with Crippen LogP contribution in [0.2, 0.25) is 10.0 Å². The second-order valence-corrected chi connectivity index (χ2v) is 11.5. The van der Waals surface area contributed by atoms with Gasteiger partial charge in [-0.3, -0.25) is 4.79 Å². The number of H-pyrrole nitrogens is 1. The Morgan fingerprint density at radius 3 is 2.44 bits per heavy atom. The highest BCUT2D eigenvalue weighted by atomic mass is 79.9. The van der Waals surface area contributed by atoms with Gasteiger partial charge in [-0.1, -0.05) is 94.6 Å². The first-order valence-corrected chi connectivity index (χ1v) is 14.8. The number of hydrazone groups is 1. The molecule has 4 aromatic carbocycles. The maximum Gasteiger partial charge on any atom is 0.345 e. The van der Waals surface area contributed by atoms with Gasteiger partial charge >= 0.3 is 5.97 Å². The summed E-state index contributed by atoms with van der Waals surface area (Å²) in [6, 6.07) is 23.4. The fourth-order valence-electron chi connectivity index (χ4n) is 4.46. The third kappa shape index (κ3) is 6.11. The lowest BCUT2D eigenvalue weighted by molar-refractivity contribution is 0.0733. The third-order valence-corrected chi connectivity index (χ3v) is 8.07. The molecule has 0 bridgehead atoms. The number of ether oxygens (including phenoxy) is 1. The minimum Gasteiger partial charge on any atom is -0.421 e. The number of hydrogen-bond donors (Lipinski definition) is 2. The zero-order chi connectivity index (χ0) is 29.1. The average Bonchev–Trinajstić information content (AvgIpc) is 3.35. The van der Waals surface area contributed by atoms with E-state index in [9.17, 15) is 9.59 Å². The van der Waals surface area contributed by atoms with E-state index >= 15 is 0 Å². The van der Waals surface area contributed by atoms with Crippen molar-refractivity contribution in [1.82, 2.24) is 10.4 Å².